The molecule has 0 aliphatic heterocycles. The van der Waals surface area contributed by atoms with Crippen LogP contribution in [0.2, 0.25) is 0 Å². The van der Waals surface area contributed by atoms with Crippen LogP contribution in [0.5, 0.6) is 0 Å². The minimum atomic E-state index is -0.990. The fraction of sp³-hybridized carbons (Fsp3) is 0.217. The molecule has 0 atom stereocenters. The minimum Gasteiger partial charge on any atom is -0.478 e. The van der Waals surface area contributed by atoms with Crippen molar-refractivity contribution in [3.63, 3.8) is 0 Å². The quantitative estimate of drug-likeness (QED) is 0.376. The predicted molar refractivity (Wildman–Crippen MR) is 122 cm³/mol. The molecule has 0 fully saturated rings. The molecule has 33 heavy (non-hydrogen) atoms. The van der Waals surface area contributed by atoms with E-state index in [0.717, 1.165) is 11.3 Å². The molecule has 168 valence electrons. The van der Waals surface area contributed by atoms with Gasteiger partial charge in [-0.15, -0.1) is 5.10 Å². The number of anilines is 2. The molecule has 0 saturated carbocycles. The van der Waals surface area contributed by atoms with Crippen molar-refractivity contribution in [3.8, 4) is 5.69 Å². The highest BCUT2D eigenvalue weighted by Crippen LogP contribution is 2.19. The van der Waals surface area contributed by atoms with Gasteiger partial charge >= 0.3 is 5.97 Å². The first kappa shape index (κ1) is 21.9. The van der Waals surface area contributed by atoms with Gasteiger partial charge in [-0.05, 0) is 47.9 Å². The van der Waals surface area contributed by atoms with Crippen LogP contribution in [-0.4, -0.2) is 41.9 Å². The van der Waals surface area contributed by atoms with Crippen molar-refractivity contribution in [2.24, 2.45) is 5.92 Å². The first-order valence-electron chi connectivity index (χ1n) is 10.4. The molecule has 2 heterocycles. The summed E-state index contributed by atoms with van der Waals surface area (Å²) >= 11 is 0. The zero-order valence-corrected chi connectivity index (χ0v) is 18.2. The number of hydrogen-bond acceptors (Lipinski definition) is 7. The Morgan fingerprint density at radius 1 is 1.12 bits per heavy atom. The fourth-order valence-electron chi connectivity index (χ4n) is 3.23. The number of nitrogens with one attached hydrogen (secondary N) is 2. The summed E-state index contributed by atoms with van der Waals surface area (Å²) in [6, 6.07) is 13.9. The Labute approximate surface area is 189 Å². The van der Waals surface area contributed by atoms with E-state index in [1.165, 1.54) is 12.1 Å². The monoisotopic (exact) mass is 445 g/mol. The number of hydrogen-bond donors (Lipinski definition) is 3. The number of carbonyl (C=O) groups excluding carboxylic acids is 1. The van der Waals surface area contributed by atoms with Gasteiger partial charge in [0.25, 0.3) is 0 Å². The van der Waals surface area contributed by atoms with Gasteiger partial charge in [-0.1, -0.05) is 31.2 Å². The molecule has 0 bridgehead atoms. The van der Waals surface area contributed by atoms with E-state index in [0.29, 0.717) is 41.7 Å². The smallest absolute Gasteiger partial charge is 0.335 e. The van der Waals surface area contributed by atoms with Crippen molar-refractivity contribution in [1.29, 1.82) is 0 Å². The maximum absolute atomic E-state index is 12.0. The number of nitrogens with zero attached hydrogens (tertiary/aromatic N) is 5. The van der Waals surface area contributed by atoms with Gasteiger partial charge in [0.05, 0.1) is 17.4 Å². The Hall–Kier alpha value is -4.34. The molecule has 4 rings (SSSR count). The summed E-state index contributed by atoms with van der Waals surface area (Å²) in [6.45, 7) is 4.43. The summed E-state index contributed by atoms with van der Waals surface area (Å²) in [5, 5.41) is 23.4. The van der Waals surface area contributed by atoms with Crippen molar-refractivity contribution >= 4 is 34.7 Å². The second kappa shape index (κ2) is 9.43. The molecule has 10 heteroatoms. The summed E-state index contributed by atoms with van der Waals surface area (Å²) in [7, 11) is 0. The predicted octanol–water partition coefficient (Wildman–Crippen LogP) is 3.31. The van der Waals surface area contributed by atoms with Gasteiger partial charge in [-0.3, -0.25) is 4.79 Å². The van der Waals surface area contributed by atoms with Gasteiger partial charge in [0, 0.05) is 18.7 Å². The van der Waals surface area contributed by atoms with Crippen LogP contribution in [0.25, 0.3) is 16.9 Å². The van der Waals surface area contributed by atoms with E-state index in [-0.39, 0.29) is 11.5 Å². The van der Waals surface area contributed by atoms with Crippen LogP contribution >= 0.6 is 0 Å². The lowest BCUT2D eigenvalue weighted by Crippen LogP contribution is -2.23. The number of benzene rings is 2. The van der Waals surface area contributed by atoms with E-state index in [1.807, 2.05) is 38.1 Å². The summed E-state index contributed by atoms with van der Waals surface area (Å²) in [5.74, 6) is -0.348. The number of fused-ring (bicyclic) bond motifs is 1. The normalized spacial score (nSPS) is 11.0. The van der Waals surface area contributed by atoms with Crippen molar-refractivity contribution in [1.82, 2.24) is 30.3 Å². The Morgan fingerprint density at radius 3 is 2.64 bits per heavy atom. The molecule has 1 amide bonds. The van der Waals surface area contributed by atoms with Crippen LogP contribution in [0.4, 0.5) is 11.6 Å². The Morgan fingerprint density at radius 2 is 1.91 bits per heavy atom. The SMILES string of the molecule is CC(C)CC(=O)NCc1cccc(-n2nnc3cnc(Nc4ccc(C(=O)O)cc4)nc32)c1. The highest BCUT2D eigenvalue weighted by atomic mass is 16.4. The molecule has 0 aliphatic rings. The first-order valence-corrected chi connectivity index (χ1v) is 10.4. The van der Waals surface area contributed by atoms with Crippen LogP contribution in [0.1, 0.15) is 36.2 Å². The minimum absolute atomic E-state index is 0.0152. The number of aromatic nitrogens is 5. The lowest BCUT2D eigenvalue weighted by Gasteiger charge is -2.09. The standard InChI is InChI=1S/C23H23N7O3/c1-14(2)10-20(31)24-12-15-4-3-5-18(11-15)30-21-19(28-29-30)13-25-23(27-21)26-17-8-6-16(7-9-17)22(32)33/h3-9,11,13-14H,10,12H2,1-2H3,(H,24,31)(H,32,33)(H,25,26,27). The summed E-state index contributed by atoms with van der Waals surface area (Å²) in [4.78, 5) is 31.8. The molecule has 0 unspecified atom stereocenters. The Kier molecular flexibility index (Phi) is 6.25. The van der Waals surface area contributed by atoms with Crippen LogP contribution in [0.3, 0.4) is 0 Å². The molecule has 4 aromatic rings. The highest BCUT2D eigenvalue weighted by molar-refractivity contribution is 5.88. The molecule has 2 aromatic carbocycles. The lowest BCUT2D eigenvalue weighted by molar-refractivity contribution is -0.121. The Balaban J connectivity index is 1.55. The van der Waals surface area contributed by atoms with E-state index in [9.17, 15) is 9.59 Å². The van der Waals surface area contributed by atoms with Crippen molar-refractivity contribution in [3.05, 3.63) is 65.9 Å². The zero-order chi connectivity index (χ0) is 23.4. The van der Waals surface area contributed by atoms with Gasteiger partial charge in [0.1, 0.15) is 0 Å². The van der Waals surface area contributed by atoms with Gasteiger partial charge in [-0.25, -0.2) is 9.78 Å². The zero-order valence-electron chi connectivity index (χ0n) is 18.2. The molecule has 0 radical (unpaired) electrons. The number of rotatable bonds is 8. The summed E-state index contributed by atoms with van der Waals surface area (Å²) in [5.41, 5.74) is 3.56. The van der Waals surface area contributed by atoms with E-state index in [1.54, 1.807) is 23.0 Å². The molecule has 0 aliphatic carbocycles. The first-order chi connectivity index (χ1) is 15.9. The fourth-order valence-corrected chi connectivity index (χ4v) is 3.23. The van der Waals surface area contributed by atoms with Crippen molar-refractivity contribution < 1.29 is 14.7 Å². The van der Waals surface area contributed by atoms with Crippen LogP contribution < -0.4 is 10.6 Å². The molecule has 0 spiro atoms. The maximum Gasteiger partial charge on any atom is 0.335 e. The number of amides is 1. The number of carboxylic acid groups (broad SMARTS) is 1. The largest absolute Gasteiger partial charge is 0.478 e. The molecule has 3 N–H and O–H groups in total. The van der Waals surface area contributed by atoms with E-state index < -0.39 is 5.97 Å². The highest BCUT2D eigenvalue weighted by Gasteiger charge is 2.12. The average molecular weight is 445 g/mol. The summed E-state index contributed by atoms with van der Waals surface area (Å²) in [6.07, 6.45) is 2.05. The van der Waals surface area contributed by atoms with Crippen molar-refractivity contribution in [2.75, 3.05) is 5.32 Å². The van der Waals surface area contributed by atoms with E-state index in [4.69, 9.17) is 5.11 Å². The molecule has 2 aromatic heterocycles. The van der Waals surface area contributed by atoms with E-state index in [2.05, 4.69) is 30.9 Å². The number of carboxylic acids is 1. The molecule has 10 nitrogen and oxygen atoms in total. The Bertz CT molecular complexity index is 1300. The topological polar surface area (TPSA) is 135 Å². The van der Waals surface area contributed by atoms with Gasteiger partial charge in [-0.2, -0.15) is 9.67 Å². The molecule has 0 saturated heterocycles. The third-order valence-electron chi connectivity index (χ3n) is 4.82. The van der Waals surface area contributed by atoms with Gasteiger partial charge in [0.2, 0.25) is 11.9 Å². The maximum atomic E-state index is 12.0. The third-order valence-corrected chi connectivity index (χ3v) is 4.82. The molecular weight excluding hydrogens is 422 g/mol. The van der Waals surface area contributed by atoms with Crippen LogP contribution in [-0.2, 0) is 11.3 Å². The van der Waals surface area contributed by atoms with Crippen molar-refractivity contribution in [2.45, 2.75) is 26.8 Å². The number of carbonyl (C=O) groups is 2. The summed E-state index contributed by atoms with van der Waals surface area (Å²) < 4.78 is 1.61. The van der Waals surface area contributed by atoms with Crippen LogP contribution in [0, 0.1) is 5.92 Å². The van der Waals surface area contributed by atoms with E-state index >= 15 is 0 Å². The third kappa shape index (κ3) is 5.29. The molecular formula is C23H23N7O3. The second-order valence-corrected chi connectivity index (χ2v) is 7.96. The second-order valence-electron chi connectivity index (χ2n) is 7.96. The average Bonchev–Trinajstić information content (AvgIpc) is 3.21. The van der Waals surface area contributed by atoms with Gasteiger partial charge in [0.15, 0.2) is 11.2 Å². The lowest BCUT2D eigenvalue weighted by atomic mass is 10.1. The van der Waals surface area contributed by atoms with Gasteiger partial charge < -0.3 is 15.7 Å². The number of aromatic carboxylic acids is 1. The van der Waals surface area contributed by atoms with Crippen LogP contribution in [0.15, 0.2) is 54.7 Å².